The molecule has 7 nitrogen and oxygen atoms in total. The fraction of sp³-hybridized carbons (Fsp3) is 0.467. The van der Waals surface area contributed by atoms with Gasteiger partial charge in [-0.3, -0.25) is 14.5 Å². The Bertz CT molecular complexity index is 584. The van der Waals surface area contributed by atoms with Crippen LogP contribution in [-0.2, 0) is 14.3 Å². The maximum atomic E-state index is 12.1. The zero-order valence-electron chi connectivity index (χ0n) is 12.2. The van der Waals surface area contributed by atoms with Crippen molar-refractivity contribution in [2.45, 2.75) is 18.9 Å². The number of fused-ring (bicyclic) bond motifs is 1. The second-order valence-corrected chi connectivity index (χ2v) is 5.40. The van der Waals surface area contributed by atoms with Crippen molar-refractivity contribution in [3.05, 3.63) is 18.2 Å². The van der Waals surface area contributed by atoms with E-state index in [0.29, 0.717) is 23.7 Å². The van der Waals surface area contributed by atoms with E-state index in [0.717, 1.165) is 19.4 Å². The maximum absolute atomic E-state index is 12.1. The third-order valence-corrected chi connectivity index (χ3v) is 3.80. The van der Waals surface area contributed by atoms with Gasteiger partial charge in [-0.15, -0.1) is 0 Å². The number of rotatable bonds is 4. The SMILES string of the molecule is Nc1cccc2c1N(CC(=O)NCC1CCCO1)C(=O)CO2. The molecule has 0 aliphatic carbocycles. The number of anilines is 2. The van der Waals surface area contributed by atoms with Crippen LogP contribution in [0.5, 0.6) is 5.75 Å². The molecule has 1 unspecified atom stereocenters. The normalized spacial score (nSPS) is 20.5. The highest BCUT2D eigenvalue weighted by molar-refractivity contribution is 6.04. The van der Waals surface area contributed by atoms with Crippen molar-refractivity contribution in [2.75, 3.05) is 36.9 Å². The van der Waals surface area contributed by atoms with Gasteiger partial charge in [0.2, 0.25) is 5.91 Å². The lowest BCUT2D eigenvalue weighted by atomic mass is 10.2. The Morgan fingerprint density at radius 3 is 3.09 bits per heavy atom. The fourth-order valence-electron chi connectivity index (χ4n) is 2.69. The molecule has 3 rings (SSSR count). The highest BCUT2D eigenvalue weighted by Crippen LogP contribution is 2.36. The maximum Gasteiger partial charge on any atom is 0.265 e. The fourth-order valence-corrected chi connectivity index (χ4v) is 2.69. The van der Waals surface area contributed by atoms with Gasteiger partial charge in [0.15, 0.2) is 6.61 Å². The zero-order chi connectivity index (χ0) is 15.5. The third kappa shape index (κ3) is 2.99. The van der Waals surface area contributed by atoms with Gasteiger partial charge in [-0.1, -0.05) is 6.07 Å². The van der Waals surface area contributed by atoms with Gasteiger partial charge < -0.3 is 20.5 Å². The Hall–Kier alpha value is -2.28. The molecule has 0 bridgehead atoms. The lowest BCUT2D eigenvalue weighted by Crippen LogP contribution is -2.46. The molecule has 22 heavy (non-hydrogen) atoms. The first-order chi connectivity index (χ1) is 10.6. The van der Waals surface area contributed by atoms with Crippen LogP contribution in [0.25, 0.3) is 0 Å². The van der Waals surface area contributed by atoms with Crippen LogP contribution >= 0.6 is 0 Å². The first-order valence-corrected chi connectivity index (χ1v) is 7.35. The van der Waals surface area contributed by atoms with E-state index >= 15 is 0 Å². The van der Waals surface area contributed by atoms with Crippen LogP contribution < -0.4 is 20.7 Å². The van der Waals surface area contributed by atoms with Gasteiger partial charge in [0.25, 0.3) is 5.91 Å². The largest absolute Gasteiger partial charge is 0.481 e. The Kier molecular flexibility index (Phi) is 4.15. The van der Waals surface area contributed by atoms with Gasteiger partial charge in [0, 0.05) is 13.2 Å². The van der Waals surface area contributed by atoms with E-state index in [9.17, 15) is 9.59 Å². The minimum absolute atomic E-state index is 0.0710. The lowest BCUT2D eigenvalue weighted by molar-refractivity contribution is -0.125. The van der Waals surface area contributed by atoms with Crippen molar-refractivity contribution < 1.29 is 19.1 Å². The lowest BCUT2D eigenvalue weighted by Gasteiger charge is -2.30. The molecule has 1 fully saturated rings. The highest BCUT2D eigenvalue weighted by Gasteiger charge is 2.29. The molecule has 2 amide bonds. The minimum Gasteiger partial charge on any atom is -0.481 e. The molecule has 1 aromatic carbocycles. The summed E-state index contributed by atoms with van der Waals surface area (Å²) in [5.74, 6) is 0.00384. The molecule has 0 saturated carbocycles. The summed E-state index contributed by atoms with van der Waals surface area (Å²) in [5.41, 5.74) is 6.80. The summed E-state index contributed by atoms with van der Waals surface area (Å²) in [6.07, 6.45) is 2.04. The quantitative estimate of drug-likeness (QED) is 0.780. The number of nitrogen functional groups attached to an aromatic ring is 1. The minimum atomic E-state index is -0.280. The van der Waals surface area contributed by atoms with Crippen LogP contribution in [0.15, 0.2) is 18.2 Å². The molecular formula is C15H19N3O4. The van der Waals surface area contributed by atoms with Crippen LogP contribution in [0.4, 0.5) is 11.4 Å². The van der Waals surface area contributed by atoms with Crippen molar-refractivity contribution in [2.24, 2.45) is 0 Å². The molecule has 1 saturated heterocycles. The summed E-state index contributed by atoms with van der Waals surface area (Å²) in [6.45, 7) is 1.05. The van der Waals surface area contributed by atoms with E-state index in [2.05, 4.69) is 5.32 Å². The van der Waals surface area contributed by atoms with Crippen molar-refractivity contribution in [3.63, 3.8) is 0 Å². The topological polar surface area (TPSA) is 93.9 Å². The average molecular weight is 305 g/mol. The number of carbonyl (C=O) groups is 2. The second kappa shape index (κ2) is 6.23. The predicted molar refractivity (Wildman–Crippen MR) is 80.7 cm³/mol. The molecule has 2 aliphatic heterocycles. The molecule has 7 heteroatoms. The van der Waals surface area contributed by atoms with Gasteiger partial charge in [-0.25, -0.2) is 0 Å². The van der Waals surface area contributed by atoms with Gasteiger partial charge in [0.1, 0.15) is 18.0 Å². The van der Waals surface area contributed by atoms with Crippen LogP contribution in [-0.4, -0.2) is 44.2 Å². The molecule has 1 atom stereocenters. The number of benzene rings is 1. The van der Waals surface area contributed by atoms with Crippen LogP contribution in [0.1, 0.15) is 12.8 Å². The first kappa shape index (κ1) is 14.6. The summed E-state index contributed by atoms with van der Waals surface area (Å²) in [4.78, 5) is 25.5. The number of nitrogens with one attached hydrogen (secondary N) is 1. The van der Waals surface area contributed by atoms with E-state index in [4.69, 9.17) is 15.2 Å². The van der Waals surface area contributed by atoms with Crippen molar-refractivity contribution >= 4 is 23.2 Å². The molecule has 1 aromatic rings. The average Bonchev–Trinajstić information content (AvgIpc) is 3.02. The van der Waals surface area contributed by atoms with Crippen LogP contribution in [0.2, 0.25) is 0 Å². The smallest absolute Gasteiger partial charge is 0.265 e. The predicted octanol–water partition coefficient (Wildman–Crippen LogP) is 0.289. The standard InChI is InChI=1S/C15H19N3O4/c16-11-4-1-5-12-15(11)18(14(20)9-22-12)8-13(19)17-7-10-3-2-6-21-10/h1,4-5,10H,2-3,6-9,16H2,(H,17,19). The van der Waals surface area contributed by atoms with Gasteiger partial charge in [-0.2, -0.15) is 0 Å². The van der Waals surface area contributed by atoms with E-state index in [1.807, 2.05) is 0 Å². The summed E-state index contributed by atoms with van der Waals surface area (Å²) < 4.78 is 10.8. The molecule has 118 valence electrons. The summed E-state index contributed by atoms with van der Waals surface area (Å²) in [7, 11) is 0. The number of para-hydroxylation sites is 1. The van der Waals surface area contributed by atoms with Gasteiger partial charge in [0.05, 0.1) is 11.8 Å². The number of hydrogen-bond donors (Lipinski definition) is 2. The van der Waals surface area contributed by atoms with E-state index in [1.54, 1.807) is 18.2 Å². The third-order valence-electron chi connectivity index (χ3n) is 3.80. The zero-order valence-corrected chi connectivity index (χ0v) is 12.2. The van der Waals surface area contributed by atoms with Gasteiger partial charge in [-0.05, 0) is 25.0 Å². The molecular weight excluding hydrogens is 286 g/mol. The Morgan fingerprint density at radius 1 is 1.45 bits per heavy atom. The number of hydrogen-bond acceptors (Lipinski definition) is 5. The van der Waals surface area contributed by atoms with E-state index < -0.39 is 0 Å². The molecule has 0 radical (unpaired) electrons. The van der Waals surface area contributed by atoms with Crippen LogP contribution in [0, 0.1) is 0 Å². The molecule has 2 heterocycles. The molecule has 3 N–H and O–H groups in total. The second-order valence-electron chi connectivity index (χ2n) is 5.40. The number of amides is 2. The molecule has 0 spiro atoms. The first-order valence-electron chi connectivity index (χ1n) is 7.35. The van der Waals surface area contributed by atoms with Crippen LogP contribution in [0.3, 0.4) is 0 Å². The number of ether oxygens (including phenoxy) is 2. The Balaban J connectivity index is 1.66. The Labute approximate surface area is 128 Å². The summed E-state index contributed by atoms with van der Waals surface area (Å²) >= 11 is 0. The number of carbonyl (C=O) groups excluding carboxylic acids is 2. The number of nitrogens with zero attached hydrogens (tertiary/aromatic N) is 1. The highest BCUT2D eigenvalue weighted by atomic mass is 16.5. The van der Waals surface area contributed by atoms with Crippen molar-refractivity contribution in [1.82, 2.24) is 5.32 Å². The van der Waals surface area contributed by atoms with Crippen molar-refractivity contribution in [1.29, 1.82) is 0 Å². The summed E-state index contributed by atoms with van der Waals surface area (Å²) in [5, 5.41) is 2.80. The number of nitrogens with two attached hydrogens (primary N) is 1. The van der Waals surface area contributed by atoms with E-state index in [-0.39, 0.29) is 31.1 Å². The molecule has 0 aromatic heterocycles. The monoisotopic (exact) mass is 305 g/mol. The molecule has 2 aliphatic rings. The Morgan fingerprint density at radius 2 is 2.32 bits per heavy atom. The van der Waals surface area contributed by atoms with Crippen molar-refractivity contribution in [3.8, 4) is 5.75 Å². The summed E-state index contributed by atoms with van der Waals surface area (Å²) in [6, 6.07) is 5.16. The van der Waals surface area contributed by atoms with E-state index in [1.165, 1.54) is 4.90 Å². The van der Waals surface area contributed by atoms with Gasteiger partial charge >= 0.3 is 0 Å².